The van der Waals surface area contributed by atoms with Crippen molar-refractivity contribution in [2.75, 3.05) is 6.67 Å². The Bertz CT molecular complexity index is 587. The zero-order chi connectivity index (χ0) is 15.8. The van der Waals surface area contributed by atoms with Gasteiger partial charge in [0.05, 0.1) is 12.6 Å². The van der Waals surface area contributed by atoms with Gasteiger partial charge in [-0.05, 0) is 16.7 Å². The second-order valence-corrected chi connectivity index (χ2v) is 4.81. The Morgan fingerprint density at radius 1 is 1.09 bits per heavy atom. The Hall–Kier alpha value is -2.40. The van der Waals surface area contributed by atoms with Crippen LogP contribution in [0.4, 0.5) is 9.18 Å². The lowest BCUT2D eigenvalue weighted by atomic mass is 10.1. The summed E-state index contributed by atoms with van der Waals surface area (Å²) in [5.74, 6) is 0. The highest BCUT2D eigenvalue weighted by Crippen LogP contribution is 2.15. The molecule has 0 fully saturated rings. The molecule has 2 aromatic carbocycles. The van der Waals surface area contributed by atoms with Crippen LogP contribution in [0.15, 0.2) is 54.6 Å². The van der Waals surface area contributed by atoms with E-state index in [1.54, 1.807) is 24.3 Å². The number of carbonyl (C=O) groups excluding carboxylic acids is 1. The zero-order valence-corrected chi connectivity index (χ0v) is 12.0. The van der Waals surface area contributed by atoms with Gasteiger partial charge in [0, 0.05) is 0 Å². The molecular formula is C17H18FNO3. The Morgan fingerprint density at radius 3 is 2.36 bits per heavy atom. The first kappa shape index (κ1) is 16.0. The maximum Gasteiger partial charge on any atom is 0.408 e. The third-order valence-electron chi connectivity index (χ3n) is 3.22. The number of hydrogen-bond donors (Lipinski definition) is 2. The molecule has 1 unspecified atom stereocenters. The van der Waals surface area contributed by atoms with Gasteiger partial charge in [-0.15, -0.1) is 0 Å². The average Bonchev–Trinajstić information content (AvgIpc) is 2.59. The largest absolute Gasteiger partial charge is 0.445 e. The topological polar surface area (TPSA) is 58.6 Å². The van der Waals surface area contributed by atoms with E-state index in [1.165, 1.54) is 0 Å². The van der Waals surface area contributed by atoms with Crippen LogP contribution in [0.2, 0.25) is 0 Å². The van der Waals surface area contributed by atoms with Crippen molar-refractivity contribution >= 4 is 6.09 Å². The normalized spacial score (nSPS) is 11.7. The molecule has 0 aliphatic rings. The molecule has 0 spiro atoms. The van der Waals surface area contributed by atoms with Crippen LogP contribution in [0.3, 0.4) is 0 Å². The Morgan fingerprint density at radius 2 is 1.77 bits per heavy atom. The first-order valence-electron chi connectivity index (χ1n) is 6.96. The zero-order valence-electron chi connectivity index (χ0n) is 12.0. The minimum atomic E-state index is -0.768. The molecule has 0 saturated carbocycles. The van der Waals surface area contributed by atoms with E-state index in [2.05, 4.69) is 5.32 Å². The second-order valence-electron chi connectivity index (χ2n) is 4.81. The summed E-state index contributed by atoms with van der Waals surface area (Å²) >= 11 is 0. The van der Waals surface area contributed by atoms with E-state index in [4.69, 9.17) is 9.84 Å². The summed E-state index contributed by atoms with van der Waals surface area (Å²) in [4.78, 5) is 11.7. The molecule has 1 atom stereocenters. The van der Waals surface area contributed by atoms with Gasteiger partial charge in [0.15, 0.2) is 0 Å². The predicted octanol–water partition coefficient (Wildman–Crippen LogP) is 3.12. The Balaban J connectivity index is 1.90. The molecule has 0 aromatic heterocycles. The van der Waals surface area contributed by atoms with Gasteiger partial charge in [-0.3, -0.25) is 0 Å². The van der Waals surface area contributed by atoms with Gasteiger partial charge in [-0.1, -0.05) is 54.6 Å². The van der Waals surface area contributed by atoms with Crippen molar-refractivity contribution in [2.24, 2.45) is 0 Å². The van der Waals surface area contributed by atoms with Gasteiger partial charge in [0.2, 0.25) is 0 Å². The lowest BCUT2D eigenvalue weighted by Crippen LogP contribution is -2.30. The number of hydrogen-bond acceptors (Lipinski definition) is 3. The highest BCUT2D eigenvalue weighted by Gasteiger charge is 2.15. The van der Waals surface area contributed by atoms with Gasteiger partial charge in [-0.2, -0.15) is 0 Å². The summed E-state index contributed by atoms with van der Waals surface area (Å²) in [6, 6.07) is 15.2. The molecule has 1 amide bonds. The fourth-order valence-electron chi connectivity index (χ4n) is 1.97. The van der Waals surface area contributed by atoms with E-state index >= 15 is 0 Å². The quantitative estimate of drug-likeness (QED) is 0.862. The molecule has 0 saturated heterocycles. The summed E-state index contributed by atoms with van der Waals surface area (Å²) in [6.07, 6.45) is -0.669. The van der Waals surface area contributed by atoms with Crippen LogP contribution >= 0.6 is 0 Å². The number of halogens is 1. The first-order chi connectivity index (χ1) is 10.7. The number of aliphatic hydroxyl groups excluding tert-OH is 1. The monoisotopic (exact) mass is 303 g/mol. The van der Waals surface area contributed by atoms with Crippen LogP contribution in [0, 0.1) is 0 Å². The molecule has 2 aromatic rings. The van der Waals surface area contributed by atoms with Crippen molar-refractivity contribution < 1.29 is 19.0 Å². The fourth-order valence-corrected chi connectivity index (χ4v) is 1.97. The molecule has 116 valence electrons. The number of rotatable bonds is 6. The number of amides is 1. The molecule has 2 N–H and O–H groups in total. The van der Waals surface area contributed by atoms with Crippen LogP contribution in [0.25, 0.3) is 0 Å². The molecule has 0 radical (unpaired) electrons. The average molecular weight is 303 g/mol. The maximum absolute atomic E-state index is 13.1. The summed E-state index contributed by atoms with van der Waals surface area (Å²) in [6.45, 7) is -0.679. The fraction of sp³-hybridized carbons (Fsp3) is 0.235. The smallest absolute Gasteiger partial charge is 0.408 e. The number of carbonyl (C=O) groups is 1. The van der Waals surface area contributed by atoms with Crippen LogP contribution in [-0.4, -0.2) is 17.9 Å². The van der Waals surface area contributed by atoms with Gasteiger partial charge >= 0.3 is 6.09 Å². The third-order valence-corrected chi connectivity index (χ3v) is 3.22. The number of nitrogens with one attached hydrogen (secondary N) is 1. The standard InChI is InChI=1S/C17H18FNO3/c18-10-16(15-8-6-13(11-20)7-9-15)19-17(21)22-12-14-4-2-1-3-5-14/h1-9,16,20H,10-12H2,(H,19,21). The van der Waals surface area contributed by atoms with Crippen molar-refractivity contribution in [3.63, 3.8) is 0 Å². The lowest BCUT2D eigenvalue weighted by molar-refractivity contribution is 0.133. The highest BCUT2D eigenvalue weighted by atomic mass is 19.1. The lowest BCUT2D eigenvalue weighted by Gasteiger charge is -2.16. The Kier molecular flexibility index (Phi) is 5.91. The number of alkyl carbamates (subject to hydrolysis) is 1. The predicted molar refractivity (Wildman–Crippen MR) is 80.8 cm³/mol. The van der Waals surface area contributed by atoms with Crippen molar-refractivity contribution in [1.82, 2.24) is 5.32 Å². The molecule has 4 nitrogen and oxygen atoms in total. The molecule has 22 heavy (non-hydrogen) atoms. The number of aliphatic hydroxyl groups is 1. The van der Waals surface area contributed by atoms with Gasteiger partial charge in [0.25, 0.3) is 0 Å². The molecule has 5 heteroatoms. The van der Waals surface area contributed by atoms with Crippen LogP contribution in [0.1, 0.15) is 22.7 Å². The molecule has 2 rings (SSSR count). The van der Waals surface area contributed by atoms with E-state index in [-0.39, 0.29) is 13.2 Å². The van der Waals surface area contributed by atoms with Gasteiger partial charge in [0.1, 0.15) is 13.3 Å². The van der Waals surface area contributed by atoms with E-state index in [0.29, 0.717) is 5.56 Å². The van der Waals surface area contributed by atoms with E-state index < -0.39 is 18.8 Å². The van der Waals surface area contributed by atoms with Gasteiger partial charge < -0.3 is 15.2 Å². The van der Waals surface area contributed by atoms with Crippen LogP contribution in [-0.2, 0) is 18.0 Å². The van der Waals surface area contributed by atoms with E-state index in [1.807, 2.05) is 30.3 Å². The SMILES string of the molecule is O=C(NC(CF)c1ccc(CO)cc1)OCc1ccccc1. The van der Waals surface area contributed by atoms with Crippen LogP contribution < -0.4 is 5.32 Å². The molecule has 0 aliphatic heterocycles. The van der Waals surface area contributed by atoms with Crippen molar-refractivity contribution in [3.05, 3.63) is 71.3 Å². The number of ether oxygens (including phenoxy) is 1. The minimum absolute atomic E-state index is 0.0763. The number of alkyl halides is 1. The maximum atomic E-state index is 13.1. The molecule has 0 aliphatic carbocycles. The minimum Gasteiger partial charge on any atom is -0.445 e. The summed E-state index contributed by atoms with van der Waals surface area (Å²) < 4.78 is 18.2. The van der Waals surface area contributed by atoms with Crippen molar-refractivity contribution in [3.8, 4) is 0 Å². The summed E-state index contributed by atoms with van der Waals surface area (Å²) in [5.41, 5.74) is 2.21. The molecule has 0 heterocycles. The number of benzene rings is 2. The summed E-state index contributed by atoms with van der Waals surface area (Å²) in [7, 11) is 0. The van der Waals surface area contributed by atoms with E-state index in [9.17, 15) is 9.18 Å². The third kappa shape index (κ3) is 4.56. The van der Waals surface area contributed by atoms with Crippen molar-refractivity contribution in [2.45, 2.75) is 19.3 Å². The molecular weight excluding hydrogens is 285 g/mol. The highest BCUT2D eigenvalue weighted by molar-refractivity contribution is 5.68. The first-order valence-corrected chi connectivity index (χ1v) is 6.96. The van der Waals surface area contributed by atoms with Gasteiger partial charge in [-0.25, -0.2) is 9.18 Å². The van der Waals surface area contributed by atoms with Crippen LogP contribution in [0.5, 0.6) is 0 Å². The molecule has 0 bridgehead atoms. The Labute approximate surface area is 128 Å². The summed E-state index contributed by atoms with van der Waals surface area (Å²) in [5, 5.41) is 11.5. The van der Waals surface area contributed by atoms with Crippen molar-refractivity contribution in [1.29, 1.82) is 0 Å². The van der Waals surface area contributed by atoms with E-state index in [0.717, 1.165) is 11.1 Å². The second kappa shape index (κ2) is 8.14.